The molecule has 1 aliphatic rings. The van der Waals surface area contributed by atoms with Crippen molar-refractivity contribution in [2.45, 2.75) is 12.8 Å². The van der Waals surface area contributed by atoms with Crippen LogP contribution < -0.4 is 10.5 Å². The number of hydrogen-bond donors (Lipinski definition) is 1. The van der Waals surface area contributed by atoms with Gasteiger partial charge in [0.05, 0.1) is 33.5 Å². The number of fused-ring (bicyclic) bond motifs is 1. The number of nitro groups is 1. The topological polar surface area (TPSA) is 125 Å². The second kappa shape index (κ2) is 7.69. The molecule has 2 N–H and O–H groups in total. The van der Waals surface area contributed by atoms with Crippen LogP contribution in [0.3, 0.4) is 0 Å². The molecule has 5 rings (SSSR count). The molecule has 0 bridgehead atoms. The molecule has 1 atom stereocenters. The predicted molar refractivity (Wildman–Crippen MR) is 120 cm³/mol. The van der Waals surface area contributed by atoms with Gasteiger partial charge in [-0.1, -0.05) is 24.3 Å². The molecule has 33 heavy (non-hydrogen) atoms. The first-order chi connectivity index (χ1) is 16.0. The number of nitriles is 1. The number of para-hydroxylation sites is 1. The first-order valence-corrected chi connectivity index (χ1v) is 10.1. The number of non-ortho nitro benzene ring substituents is 1. The zero-order valence-electron chi connectivity index (χ0n) is 17.5. The summed E-state index contributed by atoms with van der Waals surface area (Å²) in [5.74, 6) is -0.128. The Morgan fingerprint density at radius 1 is 1.12 bits per heavy atom. The van der Waals surface area contributed by atoms with Gasteiger partial charge in [-0.25, -0.2) is 4.68 Å². The second-order valence-electron chi connectivity index (χ2n) is 7.56. The van der Waals surface area contributed by atoms with E-state index in [1.165, 1.54) is 12.1 Å². The lowest BCUT2D eigenvalue weighted by Crippen LogP contribution is -2.23. The highest BCUT2D eigenvalue weighted by atomic mass is 16.6. The van der Waals surface area contributed by atoms with Crippen molar-refractivity contribution in [1.29, 1.82) is 5.26 Å². The monoisotopic (exact) mass is 438 g/mol. The van der Waals surface area contributed by atoms with Crippen LogP contribution in [0.15, 0.2) is 84.4 Å². The second-order valence-corrected chi connectivity index (χ2v) is 7.56. The van der Waals surface area contributed by atoms with E-state index in [0.29, 0.717) is 17.3 Å². The predicted octanol–water partition coefficient (Wildman–Crippen LogP) is 4.10. The molecule has 162 valence electrons. The summed E-state index contributed by atoms with van der Waals surface area (Å²) in [6.07, 6.45) is 1.80. The standard InChI is InChI=1S/C24H18N6O3/c1-15-21-22(20-11-6-12-28(20)17-9-5-10-18(13-17)30(31)32)19(14-25)23(26)33-24(21)29(27-15)16-7-3-2-4-8-16/h2-13,22H,26H2,1H3. The van der Waals surface area contributed by atoms with E-state index in [2.05, 4.69) is 11.2 Å². The van der Waals surface area contributed by atoms with Crippen LogP contribution in [-0.4, -0.2) is 19.3 Å². The fourth-order valence-corrected chi connectivity index (χ4v) is 4.17. The van der Waals surface area contributed by atoms with Crippen LogP contribution in [0.1, 0.15) is 22.9 Å². The molecule has 2 aromatic carbocycles. The van der Waals surface area contributed by atoms with E-state index in [9.17, 15) is 15.4 Å². The third kappa shape index (κ3) is 3.21. The van der Waals surface area contributed by atoms with Crippen molar-refractivity contribution in [1.82, 2.24) is 14.3 Å². The van der Waals surface area contributed by atoms with Gasteiger partial charge in [-0.2, -0.15) is 10.4 Å². The van der Waals surface area contributed by atoms with Crippen LogP contribution in [-0.2, 0) is 0 Å². The van der Waals surface area contributed by atoms with Crippen LogP contribution in [0.5, 0.6) is 5.88 Å². The quantitative estimate of drug-likeness (QED) is 0.378. The van der Waals surface area contributed by atoms with Gasteiger partial charge in [0, 0.05) is 24.0 Å². The molecular weight excluding hydrogens is 420 g/mol. The highest BCUT2D eigenvalue weighted by Crippen LogP contribution is 2.45. The molecule has 1 unspecified atom stereocenters. The van der Waals surface area contributed by atoms with E-state index >= 15 is 0 Å². The molecule has 9 nitrogen and oxygen atoms in total. The summed E-state index contributed by atoms with van der Waals surface area (Å²) in [6, 6.07) is 21.7. The summed E-state index contributed by atoms with van der Waals surface area (Å²) >= 11 is 0. The lowest BCUT2D eigenvalue weighted by molar-refractivity contribution is -0.384. The van der Waals surface area contributed by atoms with Crippen molar-refractivity contribution in [3.63, 3.8) is 0 Å². The lowest BCUT2D eigenvalue weighted by atomic mass is 9.87. The van der Waals surface area contributed by atoms with Gasteiger partial charge in [-0.15, -0.1) is 0 Å². The Morgan fingerprint density at radius 3 is 2.61 bits per heavy atom. The van der Waals surface area contributed by atoms with Gasteiger partial charge in [0.2, 0.25) is 11.8 Å². The Balaban J connectivity index is 1.72. The van der Waals surface area contributed by atoms with E-state index in [1.54, 1.807) is 23.0 Å². The van der Waals surface area contributed by atoms with Gasteiger partial charge in [0.1, 0.15) is 11.6 Å². The number of ether oxygens (including phenoxy) is 1. The fourth-order valence-electron chi connectivity index (χ4n) is 4.17. The zero-order chi connectivity index (χ0) is 23.1. The van der Waals surface area contributed by atoms with Crippen LogP contribution in [0, 0.1) is 28.4 Å². The van der Waals surface area contributed by atoms with E-state index in [-0.39, 0.29) is 17.1 Å². The van der Waals surface area contributed by atoms with E-state index in [4.69, 9.17) is 10.5 Å². The van der Waals surface area contributed by atoms with Gasteiger partial charge in [0.25, 0.3) is 5.69 Å². The van der Waals surface area contributed by atoms with Crippen molar-refractivity contribution in [3.8, 4) is 23.3 Å². The number of hydrogen-bond acceptors (Lipinski definition) is 6. The molecule has 0 amide bonds. The van der Waals surface area contributed by atoms with Gasteiger partial charge < -0.3 is 15.0 Å². The number of allylic oxidation sites excluding steroid dienone is 1. The minimum absolute atomic E-state index is 0.00104. The van der Waals surface area contributed by atoms with Crippen molar-refractivity contribution >= 4 is 5.69 Å². The highest BCUT2D eigenvalue weighted by molar-refractivity contribution is 5.57. The molecule has 0 fully saturated rings. The first-order valence-electron chi connectivity index (χ1n) is 10.1. The van der Waals surface area contributed by atoms with Crippen molar-refractivity contribution < 1.29 is 9.66 Å². The fraction of sp³-hybridized carbons (Fsp3) is 0.0833. The summed E-state index contributed by atoms with van der Waals surface area (Å²) in [5.41, 5.74) is 9.95. The van der Waals surface area contributed by atoms with Gasteiger partial charge in [-0.05, 0) is 37.3 Å². The van der Waals surface area contributed by atoms with E-state index in [0.717, 1.165) is 16.9 Å². The van der Waals surface area contributed by atoms with Crippen LogP contribution in [0.2, 0.25) is 0 Å². The molecule has 2 aromatic heterocycles. The molecule has 0 saturated carbocycles. The smallest absolute Gasteiger partial charge is 0.271 e. The molecule has 3 heterocycles. The van der Waals surface area contributed by atoms with E-state index < -0.39 is 10.8 Å². The van der Waals surface area contributed by atoms with Gasteiger partial charge in [-0.3, -0.25) is 10.1 Å². The first kappa shape index (κ1) is 20.1. The Hall–Kier alpha value is -4.84. The maximum absolute atomic E-state index is 11.3. The Morgan fingerprint density at radius 2 is 1.88 bits per heavy atom. The molecule has 9 heteroatoms. The SMILES string of the molecule is Cc1nn(-c2ccccc2)c2c1C(c1cccn1-c1cccc([N+](=O)[O-])c1)C(C#N)=C(N)O2. The largest absolute Gasteiger partial charge is 0.422 e. The Labute approximate surface area is 188 Å². The summed E-state index contributed by atoms with van der Waals surface area (Å²) in [6.45, 7) is 1.85. The van der Waals surface area contributed by atoms with Crippen LogP contribution >= 0.6 is 0 Å². The molecule has 0 aliphatic carbocycles. The maximum Gasteiger partial charge on any atom is 0.271 e. The zero-order valence-corrected chi connectivity index (χ0v) is 17.5. The number of benzene rings is 2. The minimum atomic E-state index is -0.564. The summed E-state index contributed by atoms with van der Waals surface area (Å²) in [4.78, 5) is 10.9. The van der Waals surface area contributed by atoms with Crippen molar-refractivity contribution in [3.05, 3.63) is 111 Å². The Kier molecular flexibility index (Phi) is 4.68. The number of aryl methyl sites for hydroxylation is 1. The number of nitrogens with zero attached hydrogens (tertiary/aromatic N) is 5. The molecule has 4 aromatic rings. The molecule has 0 spiro atoms. The number of rotatable bonds is 4. The maximum atomic E-state index is 11.3. The number of nitrogens with two attached hydrogens (primary N) is 1. The number of aromatic nitrogens is 3. The van der Waals surface area contributed by atoms with Crippen molar-refractivity contribution in [2.24, 2.45) is 5.73 Å². The molecular formula is C24H18N6O3. The van der Waals surface area contributed by atoms with Crippen LogP contribution in [0.25, 0.3) is 11.4 Å². The lowest BCUT2D eigenvalue weighted by Gasteiger charge is -2.25. The Bertz CT molecular complexity index is 1460. The highest BCUT2D eigenvalue weighted by Gasteiger charge is 2.37. The number of nitro benzene ring substituents is 1. The van der Waals surface area contributed by atoms with Gasteiger partial charge >= 0.3 is 0 Å². The van der Waals surface area contributed by atoms with Gasteiger partial charge in [0.15, 0.2) is 0 Å². The minimum Gasteiger partial charge on any atom is -0.422 e. The average molecular weight is 438 g/mol. The average Bonchev–Trinajstić information content (AvgIpc) is 3.44. The molecule has 0 saturated heterocycles. The summed E-state index contributed by atoms with van der Waals surface area (Å²) < 4.78 is 9.39. The van der Waals surface area contributed by atoms with E-state index in [1.807, 2.05) is 54.0 Å². The normalized spacial score (nSPS) is 15.0. The summed E-state index contributed by atoms with van der Waals surface area (Å²) in [7, 11) is 0. The molecule has 0 radical (unpaired) electrons. The van der Waals surface area contributed by atoms with Crippen LogP contribution in [0.4, 0.5) is 5.69 Å². The van der Waals surface area contributed by atoms with Crippen molar-refractivity contribution in [2.75, 3.05) is 0 Å². The molecule has 1 aliphatic heterocycles. The third-order valence-corrected chi connectivity index (χ3v) is 5.63. The summed E-state index contributed by atoms with van der Waals surface area (Å²) in [5, 5.41) is 25.9. The third-order valence-electron chi connectivity index (χ3n) is 5.63.